The number of aryl methyl sites for hydroxylation is 1. The third-order valence-electron chi connectivity index (χ3n) is 4.63. The van der Waals surface area contributed by atoms with Crippen molar-refractivity contribution in [1.29, 1.82) is 0 Å². The molecule has 0 aliphatic carbocycles. The summed E-state index contributed by atoms with van der Waals surface area (Å²) < 4.78 is 6.70. The van der Waals surface area contributed by atoms with Gasteiger partial charge in [0.15, 0.2) is 5.13 Å². The molecular formula is C20H17Cl3N2O2S. The number of amides is 1. The molecule has 8 heteroatoms. The number of rotatable bonds is 4. The zero-order valence-corrected chi connectivity index (χ0v) is 18.1. The van der Waals surface area contributed by atoms with Crippen LogP contribution in [0.2, 0.25) is 15.1 Å². The number of aromatic nitrogens is 1. The summed E-state index contributed by atoms with van der Waals surface area (Å²) in [6, 6.07) is 8.58. The van der Waals surface area contributed by atoms with Crippen molar-refractivity contribution in [3.63, 3.8) is 0 Å². The van der Waals surface area contributed by atoms with Crippen molar-refractivity contribution in [3.8, 4) is 0 Å². The lowest BCUT2D eigenvalue weighted by molar-refractivity contribution is 0.0917. The summed E-state index contributed by atoms with van der Waals surface area (Å²) >= 11 is 19.8. The molecule has 2 heterocycles. The van der Waals surface area contributed by atoms with E-state index in [9.17, 15) is 4.79 Å². The van der Waals surface area contributed by atoms with Gasteiger partial charge in [0, 0.05) is 27.2 Å². The molecule has 146 valence electrons. The minimum Gasteiger partial charge on any atom is -0.376 e. The van der Waals surface area contributed by atoms with Gasteiger partial charge in [0.05, 0.1) is 22.9 Å². The summed E-state index contributed by atoms with van der Waals surface area (Å²) in [7, 11) is 0. The Labute approximate surface area is 182 Å². The maximum Gasteiger partial charge on any atom is 0.260 e. The molecule has 0 spiro atoms. The van der Waals surface area contributed by atoms with E-state index in [0.29, 0.717) is 38.9 Å². The number of ether oxygens (including phenoxy) is 1. The third kappa shape index (κ3) is 4.14. The van der Waals surface area contributed by atoms with Crippen LogP contribution in [0, 0.1) is 6.92 Å². The van der Waals surface area contributed by atoms with Crippen LogP contribution in [-0.2, 0) is 4.74 Å². The van der Waals surface area contributed by atoms with Crippen molar-refractivity contribution in [2.24, 2.45) is 0 Å². The summed E-state index contributed by atoms with van der Waals surface area (Å²) in [5.74, 6) is -0.206. The molecule has 1 fully saturated rings. The largest absolute Gasteiger partial charge is 0.376 e. The molecule has 1 amide bonds. The molecule has 3 aromatic rings. The smallest absolute Gasteiger partial charge is 0.260 e. The van der Waals surface area contributed by atoms with Crippen molar-refractivity contribution in [2.75, 3.05) is 18.1 Å². The van der Waals surface area contributed by atoms with Crippen LogP contribution in [0.3, 0.4) is 0 Å². The van der Waals surface area contributed by atoms with E-state index in [4.69, 9.17) is 44.5 Å². The highest BCUT2D eigenvalue weighted by Gasteiger charge is 2.27. The maximum atomic E-state index is 13.4. The maximum absolute atomic E-state index is 13.4. The molecule has 1 aliphatic heterocycles. The van der Waals surface area contributed by atoms with Crippen LogP contribution in [0.4, 0.5) is 5.13 Å². The summed E-state index contributed by atoms with van der Waals surface area (Å²) in [6.07, 6.45) is 1.88. The molecule has 0 bridgehead atoms. The molecule has 1 atom stereocenters. The monoisotopic (exact) mass is 454 g/mol. The Morgan fingerprint density at radius 2 is 1.89 bits per heavy atom. The average Bonchev–Trinajstić information content (AvgIpc) is 3.27. The molecule has 4 rings (SSSR count). The first kappa shape index (κ1) is 19.9. The Morgan fingerprint density at radius 1 is 1.18 bits per heavy atom. The predicted octanol–water partition coefficient (Wildman–Crippen LogP) is 6.39. The first-order valence-electron chi connectivity index (χ1n) is 8.87. The molecule has 1 aromatic heterocycles. The van der Waals surface area contributed by atoms with Gasteiger partial charge in [-0.25, -0.2) is 4.98 Å². The van der Waals surface area contributed by atoms with E-state index in [1.165, 1.54) is 11.3 Å². The predicted molar refractivity (Wildman–Crippen MR) is 116 cm³/mol. The Hall–Kier alpha value is -1.37. The van der Waals surface area contributed by atoms with E-state index in [1.807, 2.05) is 19.1 Å². The molecular weight excluding hydrogens is 439 g/mol. The number of nitrogens with zero attached hydrogens (tertiary/aromatic N) is 2. The van der Waals surface area contributed by atoms with Gasteiger partial charge in [-0.05, 0) is 55.7 Å². The van der Waals surface area contributed by atoms with E-state index in [1.54, 1.807) is 23.1 Å². The Morgan fingerprint density at radius 3 is 2.57 bits per heavy atom. The van der Waals surface area contributed by atoms with Crippen molar-refractivity contribution >= 4 is 67.4 Å². The topological polar surface area (TPSA) is 42.4 Å². The van der Waals surface area contributed by atoms with Gasteiger partial charge in [-0.1, -0.05) is 46.1 Å². The van der Waals surface area contributed by atoms with Crippen LogP contribution in [0.15, 0.2) is 30.3 Å². The van der Waals surface area contributed by atoms with Gasteiger partial charge in [-0.3, -0.25) is 9.69 Å². The molecule has 0 N–H and O–H groups in total. The second-order valence-electron chi connectivity index (χ2n) is 6.77. The second-order valence-corrected chi connectivity index (χ2v) is 9.09. The molecule has 1 aliphatic rings. The van der Waals surface area contributed by atoms with Crippen LogP contribution in [0.1, 0.15) is 28.8 Å². The van der Waals surface area contributed by atoms with E-state index in [0.717, 1.165) is 28.6 Å². The number of benzene rings is 2. The van der Waals surface area contributed by atoms with Crippen LogP contribution in [-0.4, -0.2) is 30.1 Å². The van der Waals surface area contributed by atoms with Crippen LogP contribution in [0.5, 0.6) is 0 Å². The number of hydrogen-bond donors (Lipinski definition) is 0. The van der Waals surface area contributed by atoms with Crippen molar-refractivity contribution < 1.29 is 9.53 Å². The van der Waals surface area contributed by atoms with Crippen molar-refractivity contribution in [3.05, 3.63) is 56.5 Å². The lowest BCUT2D eigenvalue weighted by atomic mass is 10.1. The lowest BCUT2D eigenvalue weighted by Gasteiger charge is -2.23. The zero-order valence-electron chi connectivity index (χ0n) is 15.0. The number of anilines is 1. The van der Waals surface area contributed by atoms with Crippen molar-refractivity contribution in [2.45, 2.75) is 25.9 Å². The number of fused-ring (bicyclic) bond motifs is 1. The standard InChI is InChI=1S/C20H17Cl3N2O2S/c1-11-5-13(21)9-17-18(11)24-20(28-17)25(10-16-3-2-4-27-16)19(26)12-6-14(22)8-15(23)7-12/h5-9,16H,2-4,10H2,1H3. The molecule has 2 aromatic carbocycles. The van der Waals surface area contributed by atoms with E-state index in [2.05, 4.69) is 0 Å². The number of thiazole rings is 1. The number of halogens is 3. The molecule has 28 heavy (non-hydrogen) atoms. The molecule has 0 saturated carbocycles. The van der Waals surface area contributed by atoms with Gasteiger partial charge >= 0.3 is 0 Å². The first-order valence-corrected chi connectivity index (χ1v) is 10.8. The quantitative estimate of drug-likeness (QED) is 0.458. The fraction of sp³-hybridized carbons (Fsp3) is 0.300. The van der Waals surface area contributed by atoms with Crippen molar-refractivity contribution in [1.82, 2.24) is 4.98 Å². The summed E-state index contributed by atoms with van der Waals surface area (Å²) in [6.45, 7) is 3.10. The average molecular weight is 456 g/mol. The SMILES string of the molecule is Cc1cc(Cl)cc2sc(N(CC3CCCO3)C(=O)c3cc(Cl)cc(Cl)c3)nc12. The van der Waals surface area contributed by atoms with Gasteiger partial charge < -0.3 is 4.74 Å². The minimum absolute atomic E-state index is 0.0182. The normalized spacial score (nSPS) is 16.6. The summed E-state index contributed by atoms with van der Waals surface area (Å²) in [5, 5.41) is 2.09. The Balaban J connectivity index is 1.76. The zero-order chi connectivity index (χ0) is 19.8. The number of carbonyl (C=O) groups is 1. The molecule has 0 radical (unpaired) electrons. The highest BCUT2D eigenvalue weighted by atomic mass is 35.5. The Kier molecular flexibility index (Phi) is 5.81. The van der Waals surface area contributed by atoms with Gasteiger partial charge in [-0.15, -0.1) is 0 Å². The third-order valence-corrected chi connectivity index (χ3v) is 6.31. The highest BCUT2D eigenvalue weighted by Crippen LogP contribution is 2.34. The van der Waals surface area contributed by atoms with Gasteiger partial charge in [-0.2, -0.15) is 0 Å². The fourth-order valence-corrected chi connectivity index (χ4v) is 5.29. The van der Waals surface area contributed by atoms with Gasteiger partial charge in [0.2, 0.25) is 0 Å². The second kappa shape index (κ2) is 8.17. The minimum atomic E-state index is -0.206. The van der Waals surface area contributed by atoms with Gasteiger partial charge in [0.25, 0.3) is 5.91 Å². The fourth-order valence-electron chi connectivity index (χ4n) is 3.33. The summed E-state index contributed by atoms with van der Waals surface area (Å²) in [5.41, 5.74) is 2.24. The molecule has 1 saturated heterocycles. The highest BCUT2D eigenvalue weighted by molar-refractivity contribution is 7.22. The van der Waals surface area contributed by atoms with Gasteiger partial charge in [0.1, 0.15) is 0 Å². The number of carbonyl (C=O) groups excluding carboxylic acids is 1. The number of hydrogen-bond acceptors (Lipinski definition) is 4. The van der Waals surface area contributed by atoms with E-state index >= 15 is 0 Å². The molecule has 1 unspecified atom stereocenters. The Bertz CT molecular complexity index is 1030. The van der Waals surface area contributed by atoms with E-state index in [-0.39, 0.29) is 12.0 Å². The summed E-state index contributed by atoms with van der Waals surface area (Å²) in [4.78, 5) is 19.8. The van der Waals surface area contributed by atoms with Crippen LogP contribution < -0.4 is 4.90 Å². The van der Waals surface area contributed by atoms with E-state index < -0.39 is 0 Å². The van der Waals surface area contributed by atoms with Crippen LogP contribution in [0.25, 0.3) is 10.2 Å². The molecule has 4 nitrogen and oxygen atoms in total. The van der Waals surface area contributed by atoms with Crippen LogP contribution >= 0.6 is 46.1 Å². The lowest BCUT2D eigenvalue weighted by Crippen LogP contribution is -2.37. The first-order chi connectivity index (χ1) is 13.4.